The maximum Gasteiger partial charge on any atom is 0.291 e. The Kier molecular flexibility index (Phi) is 6.52. The molecule has 2 saturated heterocycles. The molecular weight excluding hydrogens is 546 g/mol. The predicted octanol–water partition coefficient (Wildman–Crippen LogP) is 4.29. The van der Waals surface area contributed by atoms with Gasteiger partial charge in [0.25, 0.3) is 5.91 Å². The maximum atomic E-state index is 13.2. The van der Waals surface area contributed by atoms with Gasteiger partial charge in [0.1, 0.15) is 12.1 Å². The number of nitrogens with zero attached hydrogens (tertiary/aromatic N) is 7. The first kappa shape index (κ1) is 26.6. The zero-order valence-corrected chi connectivity index (χ0v) is 23.7. The van der Waals surface area contributed by atoms with Crippen molar-refractivity contribution in [1.82, 2.24) is 39.7 Å². The highest BCUT2D eigenvalue weighted by atomic mass is 16.2. The quantitative estimate of drug-likeness (QED) is 0.285. The summed E-state index contributed by atoms with van der Waals surface area (Å²) in [5, 5.41) is 13.9. The van der Waals surface area contributed by atoms with Crippen molar-refractivity contribution in [3.05, 3.63) is 78.3 Å². The predicted molar refractivity (Wildman–Crippen MR) is 157 cm³/mol. The summed E-state index contributed by atoms with van der Waals surface area (Å²) in [4.78, 5) is 54.5. The van der Waals surface area contributed by atoms with Gasteiger partial charge in [-0.05, 0) is 38.7 Å². The molecule has 1 aromatic carbocycles. The third-order valence-corrected chi connectivity index (χ3v) is 8.44. The molecule has 2 atom stereocenters. The molecule has 2 aliphatic heterocycles. The fraction of sp³-hybridized carbons (Fsp3) is 0.290. The number of hydrogen-bond donors (Lipinski definition) is 2. The van der Waals surface area contributed by atoms with Crippen LogP contribution in [0.3, 0.4) is 0 Å². The lowest BCUT2D eigenvalue weighted by atomic mass is 9.85. The van der Waals surface area contributed by atoms with Crippen molar-refractivity contribution in [3.8, 4) is 22.4 Å². The number of benzene rings is 1. The smallest absolute Gasteiger partial charge is 0.291 e. The van der Waals surface area contributed by atoms with Crippen LogP contribution < -0.4 is 5.32 Å². The number of rotatable bonds is 6. The normalized spacial score (nSPS) is 19.5. The first-order chi connectivity index (χ1) is 20.9. The Hall–Kier alpha value is -5.26. The van der Waals surface area contributed by atoms with E-state index in [1.54, 1.807) is 12.4 Å². The number of carbonyl (C=O) groups excluding carboxylic acids is 3. The minimum absolute atomic E-state index is 0.0255. The van der Waals surface area contributed by atoms with E-state index < -0.39 is 0 Å². The summed E-state index contributed by atoms with van der Waals surface area (Å²) in [5.74, 6) is -0.280. The molecule has 2 unspecified atom stereocenters. The SMILES string of the molecule is CC(=O)Nc1c(C(C)=O)c(C2CC3CCC(C2)N3C(=O)c2ncn[nH]2)nc2c(-c3ccc(-c4ccccc4)nc3)cnn12. The summed E-state index contributed by atoms with van der Waals surface area (Å²) < 4.78 is 1.53. The van der Waals surface area contributed by atoms with Crippen molar-refractivity contribution in [2.45, 2.75) is 57.5 Å². The van der Waals surface area contributed by atoms with Crippen LogP contribution in [0.1, 0.15) is 72.1 Å². The van der Waals surface area contributed by atoms with Gasteiger partial charge in [-0.25, -0.2) is 9.97 Å². The Morgan fingerprint density at radius 2 is 1.70 bits per heavy atom. The molecule has 43 heavy (non-hydrogen) atoms. The largest absolute Gasteiger partial charge is 0.330 e. The van der Waals surface area contributed by atoms with Crippen LogP contribution >= 0.6 is 0 Å². The van der Waals surface area contributed by atoms with Crippen molar-refractivity contribution in [1.29, 1.82) is 0 Å². The van der Waals surface area contributed by atoms with E-state index in [9.17, 15) is 14.4 Å². The lowest BCUT2D eigenvalue weighted by Crippen LogP contribution is -2.46. The number of H-pyrrole nitrogens is 1. The van der Waals surface area contributed by atoms with Crippen molar-refractivity contribution < 1.29 is 14.4 Å². The average molecular weight is 576 g/mol. The molecule has 7 rings (SSSR count). The van der Waals surface area contributed by atoms with E-state index in [1.807, 2.05) is 47.4 Å². The summed E-state index contributed by atoms with van der Waals surface area (Å²) in [6, 6.07) is 13.8. The number of Topliss-reactive ketones (excluding diaryl/α,β-unsaturated/α-hetero) is 1. The second-order valence-corrected chi connectivity index (χ2v) is 11.1. The Morgan fingerprint density at radius 3 is 2.33 bits per heavy atom. The summed E-state index contributed by atoms with van der Waals surface area (Å²) in [5.41, 5.74) is 4.87. The summed E-state index contributed by atoms with van der Waals surface area (Å²) in [7, 11) is 0. The highest BCUT2D eigenvalue weighted by Crippen LogP contribution is 2.45. The highest BCUT2D eigenvalue weighted by molar-refractivity contribution is 6.04. The van der Waals surface area contributed by atoms with E-state index in [0.717, 1.165) is 35.2 Å². The summed E-state index contributed by atoms with van der Waals surface area (Å²) >= 11 is 0. The van der Waals surface area contributed by atoms with Crippen LogP contribution in [-0.4, -0.2) is 69.3 Å². The molecule has 0 saturated carbocycles. The van der Waals surface area contributed by atoms with Gasteiger partial charge in [0.15, 0.2) is 11.4 Å². The van der Waals surface area contributed by atoms with Crippen LogP contribution in [0.25, 0.3) is 28.0 Å². The van der Waals surface area contributed by atoms with Gasteiger partial charge in [-0.1, -0.05) is 36.4 Å². The van der Waals surface area contributed by atoms with Gasteiger partial charge in [0.2, 0.25) is 11.7 Å². The van der Waals surface area contributed by atoms with Gasteiger partial charge < -0.3 is 10.2 Å². The van der Waals surface area contributed by atoms with E-state index in [-0.39, 0.29) is 41.4 Å². The third-order valence-electron chi connectivity index (χ3n) is 8.44. The molecule has 5 aromatic rings. The number of piperidine rings is 1. The Balaban J connectivity index is 1.31. The Bertz CT molecular complexity index is 1840. The zero-order chi connectivity index (χ0) is 29.7. The van der Waals surface area contributed by atoms with Crippen LogP contribution in [-0.2, 0) is 4.79 Å². The summed E-state index contributed by atoms with van der Waals surface area (Å²) in [6.45, 7) is 2.88. The number of aromatic amines is 1. The van der Waals surface area contributed by atoms with E-state index in [0.29, 0.717) is 35.6 Å². The zero-order valence-electron chi connectivity index (χ0n) is 23.7. The fourth-order valence-electron chi connectivity index (χ4n) is 6.63. The standard InChI is InChI=1S/C31H29N9O3/c1-17(41)26-27(21-12-22-9-10-23(13-21)39(22)31(43)28-33-16-34-38-28)37-29-24(15-35-40(29)30(26)36-18(2)42)20-8-11-25(32-14-20)19-6-4-3-5-7-19/h3-8,11,14-16,21-23H,9-10,12-13H2,1-2H3,(H,36,42)(H,33,34,38). The number of amides is 2. The second-order valence-electron chi connectivity index (χ2n) is 11.1. The van der Waals surface area contributed by atoms with Crippen molar-refractivity contribution in [2.75, 3.05) is 5.32 Å². The number of nitrogens with one attached hydrogen (secondary N) is 2. The molecule has 2 amide bonds. The van der Waals surface area contributed by atoms with Crippen molar-refractivity contribution in [2.24, 2.45) is 0 Å². The van der Waals surface area contributed by atoms with E-state index in [1.165, 1.54) is 24.7 Å². The number of ketones is 1. The first-order valence-electron chi connectivity index (χ1n) is 14.3. The van der Waals surface area contributed by atoms with Gasteiger partial charge in [-0.3, -0.25) is 24.5 Å². The lowest BCUT2D eigenvalue weighted by Gasteiger charge is -2.38. The van der Waals surface area contributed by atoms with Crippen LogP contribution in [0.4, 0.5) is 5.82 Å². The van der Waals surface area contributed by atoms with E-state index in [4.69, 9.17) is 4.98 Å². The molecule has 4 aromatic heterocycles. The van der Waals surface area contributed by atoms with E-state index in [2.05, 4.69) is 30.6 Å². The number of fused-ring (bicyclic) bond motifs is 3. The number of aromatic nitrogens is 7. The highest BCUT2D eigenvalue weighted by Gasteiger charge is 2.46. The van der Waals surface area contributed by atoms with Gasteiger partial charge in [-0.2, -0.15) is 14.7 Å². The number of hydrogen-bond acceptors (Lipinski definition) is 8. The van der Waals surface area contributed by atoms with Gasteiger partial charge in [0.05, 0.1) is 23.1 Å². The molecular formula is C31H29N9O3. The summed E-state index contributed by atoms with van der Waals surface area (Å²) in [6.07, 6.45) is 7.78. The number of carbonyl (C=O) groups is 3. The van der Waals surface area contributed by atoms with Crippen LogP contribution in [0, 0.1) is 0 Å². The molecule has 2 bridgehead atoms. The Labute approximate surface area is 246 Å². The lowest BCUT2D eigenvalue weighted by molar-refractivity contribution is -0.114. The molecule has 2 fully saturated rings. The topological polar surface area (TPSA) is 151 Å². The Morgan fingerprint density at radius 1 is 0.930 bits per heavy atom. The van der Waals surface area contributed by atoms with Crippen LogP contribution in [0.15, 0.2) is 61.2 Å². The number of pyridine rings is 1. The first-order valence-corrected chi connectivity index (χ1v) is 14.3. The van der Waals surface area contributed by atoms with Gasteiger partial charge in [-0.15, -0.1) is 0 Å². The van der Waals surface area contributed by atoms with Crippen LogP contribution in [0.5, 0.6) is 0 Å². The van der Waals surface area contributed by atoms with Crippen molar-refractivity contribution >= 4 is 29.1 Å². The second kappa shape index (κ2) is 10.5. The maximum absolute atomic E-state index is 13.2. The molecule has 12 heteroatoms. The van der Waals surface area contributed by atoms with Gasteiger partial charge in [0, 0.05) is 47.8 Å². The molecule has 6 heterocycles. The number of anilines is 1. The third kappa shape index (κ3) is 4.64. The molecule has 2 N–H and O–H groups in total. The minimum Gasteiger partial charge on any atom is -0.330 e. The minimum atomic E-state index is -0.320. The van der Waals surface area contributed by atoms with Gasteiger partial charge >= 0.3 is 0 Å². The molecule has 12 nitrogen and oxygen atoms in total. The van der Waals surface area contributed by atoms with Crippen molar-refractivity contribution in [3.63, 3.8) is 0 Å². The molecule has 0 aliphatic carbocycles. The van der Waals surface area contributed by atoms with Crippen LogP contribution in [0.2, 0.25) is 0 Å². The average Bonchev–Trinajstić information content (AvgIpc) is 3.75. The molecule has 216 valence electrons. The van der Waals surface area contributed by atoms with E-state index >= 15 is 0 Å². The fourth-order valence-corrected chi connectivity index (χ4v) is 6.63. The molecule has 0 radical (unpaired) electrons. The monoisotopic (exact) mass is 575 g/mol. The molecule has 0 spiro atoms. The molecule has 2 aliphatic rings.